The van der Waals surface area contributed by atoms with Crippen LogP contribution in [0.3, 0.4) is 0 Å². The predicted octanol–water partition coefficient (Wildman–Crippen LogP) is 5.76. The second-order valence-corrected chi connectivity index (χ2v) is 16.4. The number of carbonyl (C=O) groups is 5. The number of carbonyl (C=O) groups excluding carboxylic acids is 5. The van der Waals surface area contributed by atoms with Gasteiger partial charge in [0.05, 0.1) is 82.8 Å². The maximum Gasteiger partial charge on any atom is 0.255 e. The van der Waals surface area contributed by atoms with Crippen molar-refractivity contribution in [2.45, 2.75) is 38.4 Å². The third kappa shape index (κ3) is 12.0. The number of hydrogen-bond donors (Lipinski definition) is 4. The van der Waals surface area contributed by atoms with E-state index in [0.29, 0.717) is 88.5 Å². The summed E-state index contributed by atoms with van der Waals surface area (Å²) < 4.78 is 52.0. The van der Waals surface area contributed by atoms with Crippen molar-refractivity contribution in [2.24, 2.45) is 4.99 Å². The van der Waals surface area contributed by atoms with Crippen molar-refractivity contribution in [3.8, 4) is 11.3 Å². The molecule has 3 aliphatic rings. The van der Waals surface area contributed by atoms with E-state index >= 15 is 0 Å². The lowest BCUT2D eigenvalue weighted by Gasteiger charge is -2.29. The summed E-state index contributed by atoms with van der Waals surface area (Å²) in [6.07, 6.45) is 2.10. The second kappa shape index (κ2) is 22.8. The molecule has 358 valence electrons. The van der Waals surface area contributed by atoms with Gasteiger partial charge in [-0.25, -0.2) is 18.7 Å². The van der Waals surface area contributed by atoms with Crippen LogP contribution >= 0.6 is 11.6 Å². The van der Waals surface area contributed by atoms with Gasteiger partial charge in [-0.05, 0) is 67.1 Å². The van der Waals surface area contributed by atoms with E-state index in [-0.39, 0.29) is 99.6 Å². The van der Waals surface area contributed by atoms with Gasteiger partial charge in [-0.3, -0.25) is 34.3 Å². The lowest BCUT2D eigenvalue weighted by molar-refractivity contribution is -0.137. The highest BCUT2D eigenvalue weighted by Gasteiger charge is 2.40. The number of aliphatic imine (C=N–C) groups is 1. The zero-order valence-corrected chi connectivity index (χ0v) is 37.9. The van der Waals surface area contributed by atoms with Gasteiger partial charge in [0.2, 0.25) is 23.7 Å². The highest BCUT2D eigenvalue weighted by Crippen LogP contribution is 2.35. The maximum absolute atomic E-state index is 14.9. The van der Waals surface area contributed by atoms with Gasteiger partial charge in [-0.2, -0.15) is 0 Å². The number of anilines is 3. The Kier molecular flexibility index (Phi) is 16.0. The van der Waals surface area contributed by atoms with E-state index < -0.39 is 23.6 Å². The standard InChI is InChI=1S/C49H47ClF2N8O9/c50-31-9-12-33-35(25-31)45(43-37(51)4-2-5-38(43)52)54-26-30-27-55-49(59-44(30)33)56-32-10-7-29(8-11-32)46(63)53-16-18-67-20-22-69-24-23-68-21-19-66-17-15-42(62)57-39-6-1-3-34-36(39)28-60(48(34)65)40-13-14-41(61)58-47(40)64/h1-12,25,27,40H,13-24,26,28H2,(H,53,63)(H,57,62)(H,55,56,59)(H,58,61,64). The number of amides is 5. The van der Waals surface area contributed by atoms with Gasteiger partial charge in [-0.1, -0.05) is 29.8 Å². The van der Waals surface area contributed by atoms with Crippen molar-refractivity contribution in [3.63, 3.8) is 0 Å². The minimum absolute atomic E-state index is 0.0848. The minimum atomic E-state index is -0.743. The lowest BCUT2D eigenvalue weighted by atomic mass is 9.95. The summed E-state index contributed by atoms with van der Waals surface area (Å²) in [5.41, 5.74) is 4.68. The number of nitrogens with one attached hydrogen (secondary N) is 4. The molecular weight excluding hydrogens is 918 g/mol. The molecule has 1 saturated heterocycles. The van der Waals surface area contributed by atoms with Crippen LogP contribution in [0.25, 0.3) is 11.3 Å². The van der Waals surface area contributed by atoms with Crippen molar-refractivity contribution in [1.82, 2.24) is 25.5 Å². The predicted molar refractivity (Wildman–Crippen MR) is 249 cm³/mol. The zero-order valence-electron chi connectivity index (χ0n) is 37.2. The minimum Gasteiger partial charge on any atom is -0.379 e. The molecule has 1 fully saturated rings. The van der Waals surface area contributed by atoms with Crippen LogP contribution in [0.1, 0.15) is 62.2 Å². The monoisotopic (exact) mass is 964 g/mol. The number of halogens is 3. The van der Waals surface area contributed by atoms with Crippen molar-refractivity contribution >= 4 is 64.2 Å². The molecule has 0 bridgehead atoms. The molecule has 0 saturated carbocycles. The molecule has 3 aliphatic heterocycles. The van der Waals surface area contributed by atoms with Crippen LogP contribution in [-0.4, -0.2) is 116 Å². The number of benzene rings is 4. The first-order valence-corrected chi connectivity index (χ1v) is 22.6. The Morgan fingerprint density at radius 3 is 2.23 bits per heavy atom. The highest BCUT2D eigenvalue weighted by molar-refractivity contribution is 6.31. The van der Waals surface area contributed by atoms with Gasteiger partial charge < -0.3 is 39.8 Å². The fraction of sp³-hybridized carbons (Fsp3) is 0.306. The van der Waals surface area contributed by atoms with E-state index in [0.717, 1.165) is 0 Å². The van der Waals surface area contributed by atoms with Crippen LogP contribution in [0, 0.1) is 11.6 Å². The number of ether oxygens (including phenoxy) is 4. The van der Waals surface area contributed by atoms with E-state index in [1.165, 1.54) is 23.1 Å². The average Bonchev–Trinajstić information content (AvgIpc) is 3.59. The number of piperidine rings is 1. The fourth-order valence-electron chi connectivity index (χ4n) is 7.94. The van der Waals surface area contributed by atoms with Gasteiger partial charge in [0.1, 0.15) is 17.7 Å². The van der Waals surface area contributed by atoms with Crippen LogP contribution in [-0.2, 0) is 46.4 Å². The first kappa shape index (κ1) is 48.4. The normalized spacial score (nSPS) is 15.1. The molecule has 69 heavy (non-hydrogen) atoms. The van der Waals surface area contributed by atoms with Gasteiger partial charge in [-0.15, -0.1) is 0 Å². The number of aromatic nitrogens is 2. The average molecular weight is 965 g/mol. The Morgan fingerprint density at radius 1 is 0.812 bits per heavy atom. The van der Waals surface area contributed by atoms with Crippen LogP contribution in [0.4, 0.5) is 26.1 Å². The largest absolute Gasteiger partial charge is 0.379 e. The first-order chi connectivity index (χ1) is 33.5. The third-order valence-electron chi connectivity index (χ3n) is 11.3. The Morgan fingerprint density at radius 2 is 1.51 bits per heavy atom. The molecule has 1 atom stereocenters. The molecule has 4 heterocycles. The van der Waals surface area contributed by atoms with Crippen molar-refractivity contribution < 1.29 is 51.7 Å². The zero-order chi connectivity index (χ0) is 48.3. The van der Waals surface area contributed by atoms with E-state index in [4.69, 9.17) is 35.5 Å². The number of rotatable bonds is 21. The number of nitrogens with zero attached hydrogens (tertiary/aromatic N) is 4. The maximum atomic E-state index is 14.9. The summed E-state index contributed by atoms with van der Waals surface area (Å²) in [5, 5.41) is 11.5. The summed E-state index contributed by atoms with van der Waals surface area (Å²) in [7, 11) is 0. The molecule has 8 rings (SSSR count). The van der Waals surface area contributed by atoms with Gasteiger partial charge >= 0.3 is 0 Å². The Bertz CT molecular complexity index is 2760. The topological polar surface area (TPSA) is 212 Å². The first-order valence-electron chi connectivity index (χ1n) is 22.2. The third-order valence-corrected chi connectivity index (χ3v) is 11.6. The molecule has 4 aromatic carbocycles. The van der Waals surface area contributed by atoms with Crippen molar-refractivity contribution in [3.05, 3.63) is 135 Å². The number of imide groups is 1. The summed E-state index contributed by atoms with van der Waals surface area (Å²) in [5.74, 6) is -2.96. The number of hydrogen-bond acceptors (Lipinski definition) is 13. The van der Waals surface area contributed by atoms with Crippen LogP contribution in [0.5, 0.6) is 0 Å². The van der Waals surface area contributed by atoms with E-state index in [9.17, 15) is 32.8 Å². The van der Waals surface area contributed by atoms with Crippen LogP contribution in [0.2, 0.25) is 5.02 Å². The molecule has 1 aromatic heterocycles. The van der Waals surface area contributed by atoms with E-state index in [1.807, 2.05) is 0 Å². The summed E-state index contributed by atoms with van der Waals surface area (Å²) in [6, 6.07) is 19.7. The lowest BCUT2D eigenvalue weighted by Crippen LogP contribution is -2.52. The Hall–Kier alpha value is -7.03. The molecule has 17 nitrogen and oxygen atoms in total. The summed E-state index contributed by atoms with van der Waals surface area (Å²) >= 11 is 6.34. The smallest absolute Gasteiger partial charge is 0.255 e. The molecule has 20 heteroatoms. The van der Waals surface area contributed by atoms with E-state index in [1.54, 1.807) is 66.9 Å². The molecule has 1 unspecified atom stereocenters. The molecule has 0 aliphatic carbocycles. The highest BCUT2D eigenvalue weighted by atomic mass is 35.5. The van der Waals surface area contributed by atoms with Gasteiger partial charge in [0.25, 0.3) is 11.8 Å². The van der Waals surface area contributed by atoms with Gasteiger partial charge in [0.15, 0.2) is 0 Å². The quantitative estimate of drug-likeness (QED) is 0.0511. The molecule has 5 amide bonds. The Balaban J connectivity index is 0.666. The second-order valence-electron chi connectivity index (χ2n) is 16.0. The SMILES string of the molecule is O=C1CCC(N2Cc3c(NC(=O)CCOCCOCCOCCOCCNC(=O)c4ccc(Nc5ncc6c(n5)-c5ccc(Cl)cc5C(c5c(F)cccc5F)=NC6)cc4)cccc3C2=O)C(=O)N1. The summed E-state index contributed by atoms with van der Waals surface area (Å²) in [4.78, 5) is 77.5. The van der Waals surface area contributed by atoms with Gasteiger partial charge in [0, 0.05) is 75.5 Å². The summed E-state index contributed by atoms with van der Waals surface area (Å²) in [6.45, 7) is 2.89. The van der Waals surface area contributed by atoms with Crippen LogP contribution in [0.15, 0.2) is 90.1 Å². The molecule has 5 aromatic rings. The fourth-order valence-corrected chi connectivity index (χ4v) is 8.11. The van der Waals surface area contributed by atoms with E-state index in [2.05, 4.69) is 31.2 Å². The molecule has 0 spiro atoms. The van der Waals surface area contributed by atoms with Crippen LogP contribution < -0.4 is 21.3 Å². The number of fused-ring (bicyclic) bond motifs is 4. The van der Waals surface area contributed by atoms with Crippen molar-refractivity contribution in [1.29, 1.82) is 0 Å². The molecule has 0 radical (unpaired) electrons. The Labute approximate surface area is 399 Å². The molecular formula is C49H47ClF2N8O9. The molecule has 4 N–H and O–H groups in total. The van der Waals surface area contributed by atoms with Crippen molar-refractivity contribution in [2.75, 3.05) is 70.0 Å².